The van der Waals surface area contributed by atoms with E-state index in [1.54, 1.807) is 18.2 Å². The maximum Gasteiger partial charge on any atom is 0.264 e. The molecule has 3 rings (SSSR count). The summed E-state index contributed by atoms with van der Waals surface area (Å²) in [7, 11) is 0. The lowest BCUT2D eigenvalue weighted by Gasteiger charge is -2.03. The number of phenolic OH excluding ortho intramolecular Hbond substituents is 1. The molecule has 7 heteroatoms. The van der Waals surface area contributed by atoms with Gasteiger partial charge in [0.2, 0.25) is 0 Å². The lowest BCUT2D eigenvalue weighted by atomic mass is 10.2. The van der Waals surface area contributed by atoms with E-state index in [1.165, 1.54) is 11.8 Å². The summed E-state index contributed by atoms with van der Waals surface area (Å²) in [6, 6.07) is 10.9. The van der Waals surface area contributed by atoms with Gasteiger partial charge in [0.05, 0.1) is 15.1 Å². The van der Waals surface area contributed by atoms with Gasteiger partial charge in [0, 0.05) is 10.6 Å². The summed E-state index contributed by atoms with van der Waals surface area (Å²) in [5.41, 5.74) is 2.37. The number of carbonyl (C=O) groups is 1. The van der Waals surface area contributed by atoms with Crippen LogP contribution in [0.3, 0.4) is 0 Å². The third kappa shape index (κ3) is 3.83. The van der Waals surface area contributed by atoms with E-state index >= 15 is 0 Å². The molecule has 0 spiro atoms. The van der Waals surface area contributed by atoms with E-state index in [-0.39, 0.29) is 11.7 Å². The van der Waals surface area contributed by atoms with Crippen LogP contribution in [0.15, 0.2) is 50.8 Å². The maximum atomic E-state index is 12.1. The van der Waals surface area contributed by atoms with Crippen molar-refractivity contribution < 1.29 is 9.90 Å². The van der Waals surface area contributed by atoms with Gasteiger partial charge in [-0.05, 0) is 65.0 Å². The highest BCUT2D eigenvalue weighted by atomic mass is 79.9. The average molecular weight is 424 g/mol. The number of aliphatic imine (C=N–C) groups is 1. The monoisotopic (exact) mass is 422 g/mol. The van der Waals surface area contributed by atoms with Crippen LogP contribution in [0.25, 0.3) is 6.08 Å². The summed E-state index contributed by atoms with van der Waals surface area (Å²) >= 11 is 10.4. The topological polar surface area (TPSA) is 61.7 Å². The van der Waals surface area contributed by atoms with Gasteiger partial charge in [-0.3, -0.25) is 4.79 Å². The number of hydrogen-bond acceptors (Lipinski definition) is 4. The van der Waals surface area contributed by atoms with Crippen molar-refractivity contribution in [2.75, 3.05) is 0 Å². The molecule has 1 heterocycles. The molecule has 24 heavy (non-hydrogen) atoms. The van der Waals surface area contributed by atoms with Gasteiger partial charge in [0.1, 0.15) is 5.75 Å². The van der Waals surface area contributed by atoms with Crippen LogP contribution in [0.1, 0.15) is 11.1 Å². The number of rotatable bonds is 2. The minimum Gasteiger partial charge on any atom is -0.506 e. The van der Waals surface area contributed by atoms with E-state index in [2.05, 4.69) is 26.2 Å². The van der Waals surface area contributed by atoms with Gasteiger partial charge in [-0.25, -0.2) is 4.99 Å². The Balaban J connectivity index is 1.89. The second-order valence-electron chi connectivity index (χ2n) is 5.14. The Morgan fingerprint density at radius 3 is 2.71 bits per heavy atom. The Kier molecular flexibility index (Phi) is 4.99. The largest absolute Gasteiger partial charge is 0.506 e. The second kappa shape index (κ2) is 7.01. The molecule has 0 aliphatic carbocycles. The number of aromatic hydroxyl groups is 1. The van der Waals surface area contributed by atoms with E-state index in [0.29, 0.717) is 25.1 Å². The summed E-state index contributed by atoms with van der Waals surface area (Å²) < 4.78 is 0.471. The van der Waals surface area contributed by atoms with Crippen molar-refractivity contribution in [3.8, 4) is 5.75 Å². The molecule has 1 aliphatic rings. The molecule has 2 aromatic rings. The summed E-state index contributed by atoms with van der Waals surface area (Å²) in [6.07, 6.45) is 1.59. The van der Waals surface area contributed by atoms with Gasteiger partial charge in [-0.2, -0.15) is 0 Å². The first-order valence-electron chi connectivity index (χ1n) is 6.96. The summed E-state index contributed by atoms with van der Waals surface area (Å²) in [4.78, 5) is 17.0. The standard InChI is InChI=1S/C17H12BrClN2O2S/c1-9-2-4-12(5-3-9)20-17-21-16(23)14(24-17)7-10-6-11(19)8-13(18)15(10)22/h2-8,22H,1H3,(H,20,21,23)/b14-7+. The molecule has 1 amide bonds. The van der Waals surface area contributed by atoms with Gasteiger partial charge in [-0.1, -0.05) is 29.3 Å². The Morgan fingerprint density at radius 1 is 1.29 bits per heavy atom. The number of nitrogens with zero attached hydrogens (tertiary/aromatic N) is 1. The molecule has 0 aromatic heterocycles. The molecule has 0 saturated carbocycles. The molecular formula is C17H12BrClN2O2S. The van der Waals surface area contributed by atoms with E-state index in [9.17, 15) is 9.90 Å². The van der Waals surface area contributed by atoms with Gasteiger partial charge in [0.25, 0.3) is 5.91 Å². The highest BCUT2D eigenvalue weighted by Crippen LogP contribution is 2.35. The van der Waals surface area contributed by atoms with Gasteiger partial charge in [0.15, 0.2) is 5.17 Å². The Bertz CT molecular complexity index is 879. The van der Waals surface area contributed by atoms with Gasteiger partial charge in [-0.15, -0.1) is 0 Å². The zero-order valence-corrected chi connectivity index (χ0v) is 15.7. The van der Waals surface area contributed by atoms with E-state index in [0.717, 1.165) is 11.3 Å². The smallest absolute Gasteiger partial charge is 0.264 e. The van der Waals surface area contributed by atoms with Crippen molar-refractivity contribution in [1.29, 1.82) is 0 Å². The third-order valence-corrected chi connectivity index (χ3v) is 4.99. The number of amidine groups is 1. The van der Waals surface area contributed by atoms with E-state index in [1.807, 2.05) is 31.2 Å². The number of benzene rings is 2. The molecule has 0 bridgehead atoms. The second-order valence-corrected chi connectivity index (χ2v) is 7.46. The predicted octanol–water partition coefficient (Wildman–Crippen LogP) is 5.01. The molecule has 4 nitrogen and oxygen atoms in total. The van der Waals surface area contributed by atoms with E-state index < -0.39 is 0 Å². The molecule has 1 aliphatic heterocycles. The SMILES string of the molecule is Cc1ccc(N=C2NC(=O)/C(=C\c3cc(Cl)cc(Br)c3O)S2)cc1. The Morgan fingerprint density at radius 2 is 2.00 bits per heavy atom. The quantitative estimate of drug-likeness (QED) is 0.668. The fraction of sp³-hybridized carbons (Fsp3) is 0.0588. The number of nitrogens with one attached hydrogen (secondary N) is 1. The van der Waals surface area contributed by atoms with Crippen LogP contribution in [0.5, 0.6) is 5.75 Å². The lowest BCUT2D eigenvalue weighted by Crippen LogP contribution is -2.19. The normalized spacial score (nSPS) is 17.5. The predicted molar refractivity (Wildman–Crippen MR) is 103 cm³/mol. The molecule has 0 atom stereocenters. The van der Waals surface area contributed by atoms with Crippen LogP contribution in [0.4, 0.5) is 5.69 Å². The highest BCUT2D eigenvalue weighted by Gasteiger charge is 2.24. The molecule has 2 N–H and O–H groups in total. The molecule has 1 fully saturated rings. The fourth-order valence-electron chi connectivity index (χ4n) is 2.05. The molecule has 2 aromatic carbocycles. The number of halogens is 2. The number of hydrogen-bond donors (Lipinski definition) is 2. The maximum absolute atomic E-state index is 12.1. The lowest BCUT2D eigenvalue weighted by molar-refractivity contribution is -0.115. The van der Waals surface area contributed by atoms with Crippen molar-refractivity contribution in [2.24, 2.45) is 4.99 Å². The van der Waals surface area contributed by atoms with Crippen molar-refractivity contribution in [2.45, 2.75) is 6.92 Å². The first-order chi connectivity index (χ1) is 11.4. The highest BCUT2D eigenvalue weighted by molar-refractivity contribution is 9.10. The molecule has 1 saturated heterocycles. The number of aryl methyl sites for hydroxylation is 1. The van der Waals surface area contributed by atoms with Crippen molar-refractivity contribution in [3.63, 3.8) is 0 Å². The van der Waals surface area contributed by atoms with Crippen LogP contribution < -0.4 is 5.32 Å². The third-order valence-electron chi connectivity index (χ3n) is 3.26. The fourth-order valence-corrected chi connectivity index (χ4v) is 3.72. The van der Waals surface area contributed by atoms with Crippen LogP contribution in [-0.4, -0.2) is 16.2 Å². The van der Waals surface area contributed by atoms with E-state index in [4.69, 9.17) is 11.6 Å². The number of carbonyl (C=O) groups excluding carboxylic acids is 1. The first-order valence-corrected chi connectivity index (χ1v) is 8.95. The number of phenols is 1. The van der Waals surface area contributed by atoms with Crippen molar-refractivity contribution in [1.82, 2.24) is 5.32 Å². The summed E-state index contributed by atoms with van der Waals surface area (Å²) in [5.74, 6) is -0.231. The van der Waals surface area contributed by atoms with Crippen molar-refractivity contribution >= 4 is 62.1 Å². The number of amides is 1. The van der Waals surface area contributed by atoms with Crippen LogP contribution in [0.2, 0.25) is 5.02 Å². The Labute approximate surface area is 156 Å². The minimum absolute atomic E-state index is 0.0317. The molecule has 0 radical (unpaired) electrons. The Hall–Kier alpha value is -1.76. The molecule has 122 valence electrons. The van der Waals surface area contributed by atoms with Gasteiger partial charge < -0.3 is 10.4 Å². The summed E-state index contributed by atoms with van der Waals surface area (Å²) in [5, 5.41) is 13.7. The van der Waals surface area contributed by atoms with Gasteiger partial charge >= 0.3 is 0 Å². The average Bonchev–Trinajstić information content (AvgIpc) is 2.86. The van der Waals surface area contributed by atoms with Crippen LogP contribution in [-0.2, 0) is 4.79 Å². The van der Waals surface area contributed by atoms with Crippen molar-refractivity contribution in [3.05, 3.63) is 61.9 Å². The molecule has 0 unspecified atom stereocenters. The zero-order valence-electron chi connectivity index (χ0n) is 12.5. The zero-order chi connectivity index (χ0) is 17.3. The van der Waals surface area contributed by atoms with Crippen LogP contribution >= 0.6 is 39.3 Å². The number of thioether (sulfide) groups is 1. The molecular weight excluding hydrogens is 412 g/mol. The first kappa shape index (κ1) is 17.1. The summed E-state index contributed by atoms with van der Waals surface area (Å²) in [6.45, 7) is 2.00. The minimum atomic E-state index is -0.263. The van der Waals surface area contributed by atoms with Crippen LogP contribution in [0, 0.1) is 6.92 Å².